The van der Waals surface area contributed by atoms with Gasteiger partial charge in [0, 0.05) is 30.7 Å². The summed E-state index contributed by atoms with van der Waals surface area (Å²) < 4.78 is 7.06. The van der Waals surface area contributed by atoms with E-state index in [1.54, 1.807) is 18.3 Å². The molecule has 2 aromatic rings. The van der Waals surface area contributed by atoms with Crippen LogP contribution in [0.2, 0.25) is 0 Å². The lowest BCUT2D eigenvalue weighted by atomic mass is 9.86. The Morgan fingerprint density at radius 1 is 1.31 bits per heavy atom. The van der Waals surface area contributed by atoms with Crippen LogP contribution in [0.25, 0.3) is 5.65 Å². The second kappa shape index (κ2) is 6.85. The predicted octanol–water partition coefficient (Wildman–Crippen LogP) is 2.69. The topological polar surface area (TPSA) is 84.9 Å². The maximum Gasteiger partial charge on any atom is 0.372 e. The summed E-state index contributed by atoms with van der Waals surface area (Å²) in [5.74, 6) is 0.357. The molecule has 0 radical (unpaired) electrons. The highest BCUT2D eigenvalue weighted by Gasteiger charge is 2.45. The van der Waals surface area contributed by atoms with Gasteiger partial charge in [-0.15, -0.1) is 0 Å². The highest BCUT2D eigenvalue weighted by atomic mass is 16.6. The number of morpholine rings is 1. The Labute approximate surface area is 152 Å². The van der Waals surface area contributed by atoms with Crippen LogP contribution in [-0.4, -0.2) is 57.1 Å². The standard InChI is InChI=1S/C18H25N5O3/c1-14(18(7-3-4-8-18)21-10-12-26-13-11-21)19-16-17(23(24)25)22-9-5-2-6-15(22)20-16/h2,5-6,9,14,19H,3-4,7-8,10-13H2,1H3/t14-/m1/s1. The molecule has 8 heteroatoms. The Bertz CT molecular complexity index is 793. The minimum absolute atomic E-state index is 0.00238. The molecule has 2 aliphatic rings. The largest absolute Gasteiger partial charge is 0.379 e. The number of anilines is 1. The van der Waals surface area contributed by atoms with Crippen LogP contribution in [0.5, 0.6) is 0 Å². The number of nitrogens with zero attached hydrogens (tertiary/aromatic N) is 4. The van der Waals surface area contributed by atoms with Crippen molar-refractivity contribution in [2.75, 3.05) is 31.6 Å². The molecule has 4 rings (SSSR count). The minimum Gasteiger partial charge on any atom is -0.379 e. The summed E-state index contributed by atoms with van der Waals surface area (Å²) in [5, 5.41) is 15.1. The smallest absolute Gasteiger partial charge is 0.372 e. The third-order valence-corrected chi connectivity index (χ3v) is 5.95. The van der Waals surface area contributed by atoms with Gasteiger partial charge in [0.2, 0.25) is 11.5 Å². The molecule has 2 aromatic heterocycles. The van der Waals surface area contributed by atoms with Crippen molar-refractivity contribution in [2.24, 2.45) is 0 Å². The molecule has 0 amide bonds. The number of hydrogen-bond donors (Lipinski definition) is 1. The van der Waals surface area contributed by atoms with Crippen molar-refractivity contribution in [3.05, 3.63) is 34.5 Å². The summed E-state index contributed by atoms with van der Waals surface area (Å²) in [7, 11) is 0. The second-order valence-corrected chi connectivity index (χ2v) is 7.25. The van der Waals surface area contributed by atoms with Crippen molar-refractivity contribution >= 4 is 17.3 Å². The molecule has 1 atom stereocenters. The van der Waals surface area contributed by atoms with E-state index in [9.17, 15) is 10.1 Å². The fraction of sp³-hybridized carbons (Fsp3) is 0.611. The molecule has 1 N–H and O–H groups in total. The van der Waals surface area contributed by atoms with Gasteiger partial charge < -0.3 is 20.2 Å². The highest BCUT2D eigenvalue weighted by molar-refractivity contribution is 5.62. The zero-order valence-corrected chi connectivity index (χ0v) is 15.1. The molecule has 1 aliphatic carbocycles. The molecule has 0 spiro atoms. The van der Waals surface area contributed by atoms with Crippen molar-refractivity contribution in [3.63, 3.8) is 0 Å². The molecule has 1 saturated heterocycles. The zero-order chi connectivity index (χ0) is 18.1. The van der Waals surface area contributed by atoms with Gasteiger partial charge in [0.05, 0.1) is 19.4 Å². The third-order valence-electron chi connectivity index (χ3n) is 5.95. The molecule has 2 fully saturated rings. The lowest BCUT2D eigenvalue weighted by Crippen LogP contribution is -2.59. The molecule has 1 saturated carbocycles. The van der Waals surface area contributed by atoms with Gasteiger partial charge in [0.25, 0.3) is 0 Å². The minimum atomic E-state index is -0.356. The zero-order valence-electron chi connectivity index (χ0n) is 15.1. The predicted molar refractivity (Wildman–Crippen MR) is 98.5 cm³/mol. The molecule has 26 heavy (non-hydrogen) atoms. The lowest BCUT2D eigenvalue weighted by Gasteiger charge is -2.47. The number of imidazole rings is 1. The van der Waals surface area contributed by atoms with Gasteiger partial charge in [-0.2, -0.15) is 9.38 Å². The van der Waals surface area contributed by atoms with Crippen molar-refractivity contribution in [2.45, 2.75) is 44.2 Å². The van der Waals surface area contributed by atoms with Crippen LogP contribution in [0.3, 0.4) is 0 Å². The number of nitrogens with one attached hydrogen (secondary N) is 1. The summed E-state index contributed by atoms with van der Waals surface area (Å²) in [4.78, 5) is 18.3. The first kappa shape index (κ1) is 17.2. The van der Waals surface area contributed by atoms with Crippen molar-refractivity contribution in [1.29, 1.82) is 0 Å². The molecule has 3 heterocycles. The normalized spacial score (nSPS) is 21.7. The van der Waals surface area contributed by atoms with Crippen LogP contribution in [0.1, 0.15) is 32.6 Å². The monoisotopic (exact) mass is 359 g/mol. The molecular formula is C18H25N5O3. The van der Waals surface area contributed by atoms with Gasteiger partial charge in [0.15, 0.2) is 0 Å². The number of fused-ring (bicyclic) bond motifs is 1. The number of nitro groups is 1. The number of aromatic nitrogens is 2. The second-order valence-electron chi connectivity index (χ2n) is 7.25. The first-order chi connectivity index (χ1) is 12.6. The van der Waals surface area contributed by atoms with E-state index in [-0.39, 0.29) is 22.3 Å². The van der Waals surface area contributed by atoms with E-state index in [2.05, 4.69) is 22.1 Å². The summed E-state index contributed by atoms with van der Waals surface area (Å²) in [6.07, 6.45) is 6.27. The lowest BCUT2D eigenvalue weighted by molar-refractivity contribution is -0.389. The third kappa shape index (κ3) is 2.83. The summed E-state index contributed by atoms with van der Waals surface area (Å²) in [5.41, 5.74) is 0.591. The average Bonchev–Trinajstić information content (AvgIpc) is 3.27. The Morgan fingerprint density at radius 2 is 2.04 bits per heavy atom. The number of hydrogen-bond acceptors (Lipinski definition) is 6. The van der Waals surface area contributed by atoms with Crippen molar-refractivity contribution in [3.8, 4) is 0 Å². The molecule has 140 valence electrons. The van der Waals surface area contributed by atoms with Crippen molar-refractivity contribution in [1.82, 2.24) is 14.3 Å². The van der Waals surface area contributed by atoms with Gasteiger partial charge in [-0.05, 0) is 30.8 Å². The maximum atomic E-state index is 11.7. The van der Waals surface area contributed by atoms with Crippen LogP contribution in [0.15, 0.2) is 24.4 Å². The van der Waals surface area contributed by atoms with E-state index in [4.69, 9.17) is 4.74 Å². The fourth-order valence-electron chi connectivity index (χ4n) is 4.61. The van der Waals surface area contributed by atoms with Crippen LogP contribution in [0, 0.1) is 10.1 Å². The molecule has 1 aliphatic heterocycles. The number of rotatable bonds is 5. The van der Waals surface area contributed by atoms with E-state index in [1.807, 2.05) is 6.07 Å². The van der Waals surface area contributed by atoms with Crippen LogP contribution >= 0.6 is 0 Å². The van der Waals surface area contributed by atoms with Crippen molar-refractivity contribution < 1.29 is 9.66 Å². The van der Waals surface area contributed by atoms with Gasteiger partial charge in [-0.3, -0.25) is 4.90 Å². The summed E-state index contributed by atoms with van der Waals surface area (Å²) in [6.45, 7) is 5.47. The van der Waals surface area contributed by atoms with E-state index in [0.29, 0.717) is 11.5 Å². The first-order valence-corrected chi connectivity index (χ1v) is 9.33. The summed E-state index contributed by atoms with van der Waals surface area (Å²) in [6, 6.07) is 5.47. The molecule has 0 aromatic carbocycles. The summed E-state index contributed by atoms with van der Waals surface area (Å²) >= 11 is 0. The Morgan fingerprint density at radius 3 is 2.73 bits per heavy atom. The number of pyridine rings is 1. The Balaban J connectivity index is 1.66. The molecule has 0 unspecified atom stereocenters. The fourth-order valence-corrected chi connectivity index (χ4v) is 4.61. The molecule has 0 bridgehead atoms. The van der Waals surface area contributed by atoms with E-state index in [0.717, 1.165) is 39.1 Å². The Kier molecular flexibility index (Phi) is 4.54. The van der Waals surface area contributed by atoms with Gasteiger partial charge >= 0.3 is 5.82 Å². The Hall–Kier alpha value is -2.19. The quantitative estimate of drug-likeness (QED) is 0.653. The van der Waals surface area contributed by atoms with E-state index in [1.165, 1.54) is 17.2 Å². The van der Waals surface area contributed by atoms with Gasteiger partial charge in [-0.1, -0.05) is 18.9 Å². The SMILES string of the molecule is C[C@@H](Nc1nc2ccccn2c1[N+](=O)[O-])C1(N2CCOCC2)CCCC1. The first-order valence-electron chi connectivity index (χ1n) is 9.33. The van der Waals surface area contributed by atoms with E-state index >= 15 is 0 Å². The average molecular weight is 359 g/mol. The number of ether oxygens (including phenoxy) is 1. The van der Waals surface area contributed by atoms with Crippen LogP contribution in [-0.2, 0) is 4.74 Å². The van der Waals surface area contributed by atoms with Crippen LogP contribution < -0.4 is 5.32 Å². The molecular weight excluding hydrogens is 334 g/mol. The van der Waals surface area contributed by atoms with E-state index < -0.39 is 0 Å². The van der Waals surface area contributed by atoms with Gasteiger partial charge in [0.1, 0.15) is 0 Å². The van der Waals surface area contributed by atoms with Gasteiger partial charge in [-0.25, -0.2) is 0 Å². The maximum absolute atomic E-state index is 11.7. The van der Waals surface area contributed by atoms with Crippen LogP contribution in [0.4, 0.5) is 11.6 Å². The molecule has 8 nitrogen and oxygen atoms in total. The highest BCUT2D eigenvalue weighted by Crippen LogP contribution is 2.40.